The summed E-state index contributed by atoms with van der Waals surface area (Å²) in [5.41, 5.74) is 2.14. The highest BCUT2D eigenvalue weighted by Crippen LogP contribution is 2.52. The summed E-state index contributed by atoms with van der Waals surface area (Å²) < 4.78 is 0. The number of rotatable bonds is 3. The van der Waals surface area contributed by atoms with Crippen LogP contribution in [0.2, 0.25) is 0 Å². The van der Waals surface area contributed by atoms with E-state index in [1.165, 1.54) is 24.9 Å². The lowest BCUT2D eigenvalue weighted by molar-refractivity contribution is -0.140. The summed E-state index contributed by atoms with van der Waals surface area (Å²) in [7, 11) is 0. The summed E-state index contributed by atoms with van der Waals surface area (Å²) in [4.78, 5) is 27.6. The fourth-order valence-corrected chi connectivity index (χ4v) is 5.05. The average molecular weight is 349 g/mol. The van der Waals surface area contributed by atoms with E-state index in [1.807, 2.05) is 12.1 Å². The normalized spacial score (nSPS) is 32.9. The molecule has 1 aromatic carbocycles. The molecular weight excluding hydrogens is 326 g/mol. The molecule has 5 rings (SSSR count). The number of hydrogen-bond acceptors (Lipinski definition) is 4. The van der Waals surface area contributed by atoms with Crippen LogP contribution >= 0.6 is 0 Å². The summed E-state index contributed by atoms with van der Waals surface area (Å²) >= 11 is 0. The van der Waals surface area contributed by atoms with E-state index in [4.69, 9.17) is 0 Å². The SMILES string of the molecule is O=C1C2C3C=CC(C3)C2C(=O)N1N=Cc1ccc(N2CCCCC2)cc1. The van der Waals surface area contributed by atoms with Gasteiger partial charge in [0, 0.05) is 18.8 Å². The molecule has 1 saturated carbocycles. The minimum absolute atomic E-state index is 0.127. The fraction of sp³-hybridized carbons (Fsp3) is 0.476. The third-order valence-corrected chi connectivity index (χ3v) is 6.38. The molecular formula is C21H23N3O2. The first-order valence-corrected chi connectivity index (χ1v) is 9.67. The Hall–Kier alpha value is -2.43. The zero-order valence-electron chi connectivity index (χ0n) is 14.8. The first-order chi connectivity index (χ1) is 12.7. The van der Waals surface area contributed by atoms with E-state index in [1.54, 1.807) is 6.21 Å². The number of amides is 2. The highest BCUT2D eigenvalue weighted by Gasteiger charge is 2.59. The molecule has 3 fully saturated rings. The van der Waals surface area contributed by atoms with Crippen molar-refractivity contribution in [2.75, 3.05) is 18.0 Å². The number of hydrogen-bond donors (Lipinski definition) is 0. The molecule has 2 heterocycles. The maximum absolute atomic E-state index is 12.6. The minimum Gasteiger partial charge on any atom is -0.372 e. The van der Waals surface area contributed by atoms with Gasteiger partial charge in [0.25, 0.3) is 11.8 Å². The van der Waals surface area contributed by atoms with Gasteiger partial charge >= 0.3 is 0 Å². The second kappa shape index (κ2) is 6.08. The van der Waals surface area contributed by atoms with Crippen LogP contribution < -0.4 is 4.90 Å². The Balaban J connectivity index is 1.30. The van der Waals surface area contributed by atoms with E-state index < -0.39 is 0 Å². The van der Waals surface area contributed by atoms with Crippen molar-refractivity contribution in [3.8, 4) is 0 Å². The van der Waals surface area contributed by atoms with E-state index in [2.05, 4.69) is 34.3 Å². The molecule has 4 unspecified atom stereocenters. The summed E-state index contributed by atoms with van der Waals surface area (Å²) in [6.45, 7) is 2.23. The molecule has 26 heavy (non-hydrogen) atoms. The Labute approximate surface area is 153 Å². The minimum atomic E-state index is -0.184. The maximum atomic E-state index is 12.6. The van der Waals surface area contributed by atoms with Crippen LogP contribution in [0, 0.1) is 23.7 Å². The number of nitrogens with zero attached hydrogens (tertiary/aromatic N) is 3. The number of carbonyl (C=O) groups excluding carboxylic acids is 2. The van der Waals surface area contributed by atoms with Gasteiger partial charge in [-0.1, -0.05) is 24.3 Å². The third-order valence-electron chi connectivity index (χ3n) is 6.38. The molecule has 0 radical (unpaired) electrons. The van der Waals surface area contributed by atoms with Crippen LogP contribution in [-0.2, 0) is 9.59 Å². The average Bonchev–Trinajstić information content (AvgIpc) is 3.36. The van der Waals surface area contributed by atoms with Gasteiger partial charge in [0.15, 0.2) is 0 Å². The van der Waals surface area contributed by atoms with Crippen molar-refractivity contribution in [1.29, 1.82) is 0 Å². The van der Waals surface area contributed by atoms with E-state index in [-0.39, 0.29) is 35.5 Å². The summed E-state index contributed by atoms with van der Waals surface area (Å²) in [6, 6.07) is 8.20. The van der Waals surface area contributed by atoms with E-state index in [9.17, 15) is 9.59 Å². The van der Waals surface area contributed by atoms with Crippen molar-refractivity contribution >= 4 is 23.7 Å². The summed E-state index contributed by atoms with van der Waals surface area (Å²) in [5.74, 6) is -0.167. The molecule has 2 aliphatic heterocycles. The Kier molecular flexibility index (Phi) is 3.69. The van der Waals surface area contributed by atoms with Gasteiger partial charge in [-0.3, -0.25) is 9.59 Å². The molecule has 5 nitrogen and oxygen atoms in total. The van der Waals surface area contributed by atoms with Gasteiger partial charge < -0.3 is 4.90 Å². The monoisotopic (exact) mass is 349 g/mol. The number of fused-ring (bicyclic) bond motifs is 5. The van der Waals surface area contributed by atoms with E-state index in [0.29, 0.717) is 0 Å². The van der Waals surface area contributed by atoms with Crippen molar-refractivity contribution < 1.29 is 9.59 Å². The van der Waals surface area contributed by atoms with Gasteiger partial charge in [-0.2, -0.15) is 10.1 Å². The van der Waals surface area contributed by atoms with Crippen LogP contribution in [0.25, 0.3) is 0 Å². The molecule has 2 bridgehead atoms. The molecule has 0 N–H and O–H groups in total. The van der Waals surface area contributed by atoms with Crippen LogP contribution in [0.5, 0.6) is 0 Å². The molecule has 2 saturated heterocycles. The Morgan fingerprint density at radius 1 is 0.885 bits per heavy atom. The van der Waals surface area contributed by atoms with Crippen LogP contribution in [0.15, 0.2) is 41.5 Å². The van der Waals surface area contributed by atoms with Crippen LogP contribution in [0.4, 0.5) is 5.69 Å². The molecule has 5 heteroatoms. The molecule has 0 spiro atoms. The zero-order chi connectivity index (χ0) is 17.7. The van der Waals surface area contributed by atoms with E-state index >= 15 is 0 Å². The molecule has 134 valence electrons. The van der Waals surface area contributed by atoms with Gasteiger partial charge in [-0.05, 0) is 55.2 Å². The van der Waals surface area contributed by atoms with Gasteiger partial charge in [0.1, 0.15) is 0 Å². The van der Waals surface area contributed by atoms with Crippen molar-refractivity contribution in [3.05, 3.63) is 42.0 Å². The third kappa shape index (κ3) is 2.41. The number of hydrazone groups is 1. The topological polar surface area (TPSA) is 53.0 Å². The molecule has 2 aliphatic carbocycles. The smallest absolute Gasteiger partial charge is 0.254 e. The maximum Gasteiger partial charge on any atom is 0.254 e. The standard InChI is InChI=1S/C21H23N3O2/c25-20-18-15-6-7-16(12-15)19(18)21(26)24(20)22-13-14-4-8-17(9-5-14)23-10-2-1-3-11-23/h4-9,13,15-16,18-19H,1-3,10-12H2. The number of anilines is 1. The van der Waals surface area contributed by atoms with Gasteiger partial charge in [-0.25, -0.2) is 0 Å². The molecule has 1 aromatic rings. The largest absolute Gasteiger partial charge is 0.372 e. The lowest BCUT2D eigenvalue weighted by Gasteiger charge is -2.28. The number of carbonyl (C=O) groups is 2. The number of benzene rings is 1. The van der Waals surface area contributed by atoms with E-state index in [0.717, 1.165) is 30.1 Å². The summed E-state index contributed by atoms with van der Waals surface area (Å²) in [5, 5.41) is 5.36. The van der Waals surface area contributed by atoms with Gasteiger partial charge in [-0.15, -0.1) is 0 Å². The van der Waals surface area contributed by atoms with Crippen LogP contribution in [-0.4, -0.2) is 36.1 Å². The van der Waals surface area contributed by atoms with Crippen LogP contribution in [0.1, 0.15) is 31.2 Å². The first kappa shape index (κ1) is 15.8. The predicted octanol–water partition coefficient (Wildman–Crippen LogP) is 2.82. The second-order valence-corrected chi connectivity index (χ2v) is 7.87. The molecule has 0 aromatic heterocycles. The lowest BCUT2D eigenvalue weighted by Crippen LogP contribution is -2.29. The number of imide groups is 1. The Bertz CT molecular complexity index is 762. The highest BCUT2D eigenvalue weighted by atomic mass is 16.2. The Morgan fingerprint density at radius 2 is 1.50 bits per heavy atom. The van der Waals surface area contributed by atoms with Gasteiger partial charge in [0.05, 0.1) is 18.1 Å². The molecule has 2 amide bonds. The van der Waals surface area contributed by atoms with Crippen molar-refractivity contribution in [1.82, 2.24) is 5.01 Å². The van der Waals surface area contributed by atoms with Crippen molar-refractivity contribution in [3.63, 3.8) is 0 Å². The molecule has 4 atom stereocenters. The highest BCUT2D eigenvalue weighted by molar-refractivity contribution is 6.06. The lowest BCUT2D eigenvalue weighted by atomic mass is 9.85. The first-order valence-electron chi connectivity index (χ1n) is 9.67. The van der Waals surface area contributed by atoms with Crippen molar-refractivity contribution in [2.45, 2.75) is 25.7 Å². The zero-order valence-corrected chi connectivity index (χ0v) is 14.8. The summed E-state index contributed by atoms with van der Waals surface area (Å²) in [6.07, 6.45) is 10.6. The number of allylic oxidation sites excluding steroid dienone is 2. The predicted molar refractivity (Wildman–Crippen MR) is 99.7 cm³/mol. The molecule has 4 aliphatic rings. The number of piperidine rings is 1. The van der Waals surface area contributed by atoms with Crippen molar-refractivity contribution in [2.24, 2.45) is 28.8 Å². The second-order valence-electron chi connectivity index (χ2n) is 7.87. The van der Waals surface area contributed by atoms with Crippen LogP contribution in [0.3, 0.4) is 0 Å². The quantitative estimate of drug-likeness (QED) is 0.479. The Morgan fingerprint density at radius 3 is 2.12 bits per heavy atom. The fourth-order valence-electron chi connectivity index (χ4n) is 5.05. The van der Waals surface area contributed by atoms with Gasteiger partial charge in [0.2, 0.25) is 0 Å².